The summed E-state index contributed by atoms with van der Waals surface area (Å²) in [4.78, 5) is 25.3. The maximum absolute atomic E-state index is 12.7. The summed E-state index contributed by atoms with van der Waals surface area (Å²) < 4.78 is 0. The van der Waals surface area contributed by atoms with Gasteiger partial charge in [-0.05, 0) is 19.4 Å². The fourth-order valence-electron chi connectivity index (χ4n) is 3.30. The van der Waals surface area contributed by atoms with E-state index in [4.69, 9.17) is 0 Å². The zero-order valence-electron chi connectivity index (χ0n) is 11.3. The van der Waals surface area contributed by atoms with Gasteiger partial charge in [0.2, 0.25) is 5.91 Å². The molecule has 19 heavy (non-hydrogen) atoms. The maximum atomic E-state index is 12.7. The topological polar surface area (TPSA) is 89.9 Å². The number of nitrogens with one attached hydrogen (secondary N) is 1. The summed E-state index contributed by atoms with van der Waals surface area (Å²) >= 11 is 0. The molecular formula is C13H22N2O4. The van der Waals surface area contributed by atoms with Crippen LogP contribution in [0.25, 0.3) is 0 Å². The number of carbonyl (C=O) groups is 2. The van der Waals surface area contributed by atoms with Crippen LogP contribution >= 0.6 is 0 Å². The first kappa shape index (κ1) is 14.3. The molecule has 0 aliphatic carbocycles. The number of aliphatic carboxylic acids is 1. The number of aliphatic hydroxyl groups excluding tert-OH is 1. The number of carboxylic acids is 1. The Morgan fingerprint density at radius 2 is 2.21 bits per heavy atom. The molecule has 2 rings (SSSR count). The number of carbonyl (C=O) groups excluding carboxylic acids is 1. The minimum absolute atomic E-state index is 0.108. The fourth-order valence-corrected chi connectivity index (χ4v) is 3.30. The van der Waals surface area contributed by atoms with E-state index >= 15 is 0 Å². The lowest BCUT2D eigenvalue weighted by Gasteiger charge is -2.33. The van der Waals surface area contributed by atoms with Crippen LogP contribution in [0.3, 0.4) is 0 Å². The first-order valence-corrected chi connectivity index (χ1v) is 6.93. The first-order valence-electron chi connectivity index (χ1n) is 6.93. The van der Waals surface area contributed by atoms with Crippen molar-refractivity contribution in [3.05, 3.63) is 0 Å². The van der Waals surface area contributed by atoms with Crippen molar-refractivity contribution in [2.45, 2.75) is 44.8 Å². The van der Waals surface area contributed by atoms with E-state index in [2.05, 4.69) is 5.32 Å². The molecule has 108 valence electrons. The predicted molar refractivity (Wildman–Crippen MR) is 68.6 cm³/mol. The number of likely N-dealkylation sites (tertiary alicyclic amines) is 1. The maximum Gasteiger partial charge on any atom is 0.326 e. The molecule has 2 heterocycles. The van der Waals surface area contributed by atoms with Crippen LogP contribution in [0.1, 0.15) is 32.6 Å². The Labute approximate surface area is 112 Å². The van der Waals surface area contributed by atoms with Gasteiger partial charge in [-0.3, -0.25) is 4.79 Å². The third-order valence-corrected chi connectivity index (χ3v) is 4.25. The van der Waals surface area contributed by atoms with Crippen LogP contribution in [0.4, 0.5) is 0 Å². The Kier molecular flexibility index (Phi) is 4.10. The lowest BCUT2D eigenvalue weighted by Crippen LogP contribution is -2.49. The third-order valence-electron chi connectivity index (χ3n) is 4.25. The van der Waals surface area contributed by atoms with Crippen LogP contribution < -0.4 is 5.32 Å². The van der Waals surface area contributed by atoms with Crippen molar-refractivity contribution in [2.75, 3.05) is 19.6 Å². The molecule has 2 saturated heterocycles. The number of β-amino-alcohol motifs (C(OH)–C–C–N with tert-alkyl or cyclic N) is 1. The van der Waals surface area contributed by atoms with Gasteiger partial charge >= 0.3 is 5.97 Å². The molecule has 1 amide bonds. The Morgan fingerprint density at radius 3 is 2.74 bits per heavy atom. The van der Waals surface area contributed by atoms with Gasteiger partial charge in [-0.2, -0.15) is 0 Å². The van der Waals surface area contributed by atoms with Crippen molar-refractivity contribution < 1.29 is 19.8 Å². The SMILES string of the molecule is CCCC1(C(=O)N2CC(O)CC2C(=O)O)CCNC1. The van der Waals surface area contributed by atoms with Crippen LogP contribution in [-0.4, -0.2) is 58.8 Å². The van der Waals surface area contributed by atoms with E-state index in [0.717, 1.165) is 25.8 Å². The summed E-state index contributed by atoms with van der Waals surface area (Å²) in [5.41, 5.74) is -0.480. The summed E-state index contributed by atoms with van der Waals surface area (Å²) in [7, 11) is 0. The van der Waals surface area contributed by atoms with Gasteiger partial charge in [0, 0.05) is 19.5 Å². The number of nitrogens with zero attached hydrogens (tertiary/aromatic N) is 1. The van der Waals surface area contributed by atoms with E-state index in [9.17, 15) is 19.8 Å². The van der Waals surface area contributed by atoms with E-state index in [1.165, 1.54) is 4.90 Å². The molecular weight excluding hydrogens is 248 g/mol. The van der Waals surface area contributed by atoms with Gasteiger partial charge in [0.15, 0.2) is 0 Å². The van der Waals surface area contributed by atoms with Gasteiger partial charge in [0.05, 0.1) is 11.5 Å². The molecule has 6 heteroatoms. The van der Waals surface area contributed by atoms with Gasteiger partial charge in [-0.1, -0.05) is 13.3 Å². The lowest BCUT2D eigenvalue weighted by atomic mass is 9.81. The predicted octanol–water partition coefficient (Wildman–Crippen LogP) is -0.187. The lowest BCUT2D eigenvalue weighted by molar-refractivity contribution is -0.153. The second kappa shape index (κ2) is 5.46. The highest BCUT2D eigenvalue weighted by Gasteiger charge is 2.48. The van der Waals surface area contributed by atoms with E-state index in [-0.39, 0.29) is 18.9 Å². The van der Waals surface area contributed by atoms with Gasteiger partial charge in [0.1, 0.15) is 6.04 Å². The molecule has 0 radical (unpaired) electrons. The Morgan fingerprint density at radius 1 is 1.47 bits per heavy atom. The highest BCUT2D eigenvalue weighted by Crippen LogP contribution is 2.35. The number of hydrogen-bond acceptors (Lipinski definition) is 4. The molecule has 3 atom stereocenters. The fraction of sp³-hybridized carbons (Fsp3) is 0.846. The zero-order chi connectivity index (χ0) is 14.0. The highest BCUT2D eigenvalue weighted by atomic mass is 16.4. The molecule has 2 aliphatic heterocycles. The van der Waals surface area contributed by atoms with Crippen LogP contribution in [0.5, 0.6) is 0 Å². The molecule has 0 aromatic heterocycles. The third kappa shape index (κ3) is 2.60. The summed E-state index contributed by atoms with van der Waals surface area (Å²) in [6.45, 7) is 3.57. The van der Waals surface area contributed by atoms with Gasteiger partial charge in [-0.25, -0.2) is 4.79 Å². The average molecular weight is 270 g/mol. The van der Waals surface area contributed by atoms with Crippen molar-refractivity contribution in [1.29, 1.82) is 0 Å². The molecule has 0 aromatic carbocycles. The van der Waals surface area contributed by atoms with Crippen LogP contribution in [0.15, 0.2) is 0 Å². The van der Waals surface area contributed by atoms with E-state index in [0.29, 0.717) is 6.54 Å². The van der Waals surface area contributed by atoms with Crippen molar-refractivity contribution in [1.82, 2.24) is 10.2 Å². The Hall–Kier alpha value is -1.14. The monoisotopic (exact) mass is 270 g/mol. The first-order chi connectivity index (χ1) is 9.00. The molecule has 3 unspecified atom stereocenters. The Balaban J connectivity index is 2.19. The summed E-state index contributed by atoms with van der Waals surface area (Å²) in [6, 6.07) is -0.878. The number of carboxylic acid groups (broad SMARTS) is 1. The smallest absolute Gasteiger partial charge is 0.326 e. The second-order valence-electron chi connectivity index (χ2n) is 5.66. The minimum atomic E-state index is -1.03. The minimum Gasteiger partial charge on any atom is -0.480 e. The summed E-state index contributed by atoms with van der Waals surface area (Å²) in [6.07, 6.45) is 1.81. The molecule has 0 aromatic rings. The van der Waals surface area contributed by atoms with Crippen molar-refractivity contribution in [3.8, 4) is 0 Å². The van der Waals surface area contributed by atoms with E-state index in [1.807, 2.05) is 6.92 Å². The van der Waals surface area contributed by atoms with Gasteiger partial charge in [0.25, 0.3) is 0 Å². The van der Waals surface area contributed by atoms with Crippen LogP contribution in [0.2, 0.25) is 0 Å². The van der Waals surface area contributed by atoms with Crippen molar-refractivity contribution >= 4 is 11.9 Å². The van der Waals surface area contributed by atoms with Crippen molar-refractivity contribution in [3.63, 3.8) is 0 Å². The molecule has 3 N–H and O–H groups in total. The zero-order valence-corrected chi connectivity index (χ0v) is 11.3. The molecule has 6 nitrogen and oxygen atoms in total. The standard InChI is InChI=1S/C13H22N2O4/c1-2-3-13(4-5-14-8-13)12(19)15-7-9(16)6-10(15)11(17)18/h9-10,14,16H,2-8H2,1H3,(H,17,18). The summed E-state index contributed by atoms with van der Waals surface area (Å²) in [5, 5.41) is 22.0. The molecule has 0 spiro atoms. The van der Waals surface area contributed by atoms with E-state index in [1.54, 1.807) is 0 Å². The molecule has 2 aliphatic rings. The largest absolute Gasteiger partial charge is 0.480 e. The van der Waals surface area contributed by atoms with Gasteiger partial charge in [-0.15, -0.1) is 0 Å². The van der Waals surface area contributed by atoms with Crippen LogP contribution in [0, 0.1) is 5.41 Å². The summed E-state index contributed by atoms with van der Waals surface area (Å²) in [5.74, 6) is -1.13. The normalized spacial score (nSPS) is 34.7. The molecule has 0 bridgehead atoms. The Bertz CT molecular complexity index is 366. The molecule has 2 fully saturated rings. The van der Waals surface area contributed by atoms with Crippen LogP contribution in [-0.2, 0) is 9.59 Å². The van der Waals surface area contributed by atoms with Crippen molar-refractivity contribution in [2.24, 2.45) is 5.41 Å². The van der Waals surface area contributed by atoms with E-state index < -0.39 is 23.5 Å². The number of rotatable bonds is 4. The number of amides is 1. The quantitative estimate of drug-likeness (QED) is 0.659. The second-order valence-corrected chi connectivity index (χ2v) is 5.66. The average Bonchev–Trinajstić information content (AvgIpc) is 2.96. The van der Waals surface area contributed by atoms with Gasteiger partial charge < -0.3 is 20.4 Å². The number of hydrogen-bond donors (Lipinski definition) is 3. The number of aliphatic hydroxyl groups is 1. The molecule has 0 saturated carbocycles. The highest BCUT2D eigenvalue weighted by molar-refractivity contribution is 5.88.